The van der Waals surface area contributed by atoms with Crippen LogP contribution in [0.3, 0.4) is 0 Å². The van der Waals surface area contributed by atoms with Crippen molar-refractivity contribution in [1.82, 2.24) is 9.55 Å². The maximum Gasteiger partial charge on any atom is 0.330 e. The topological polar surface area (TPSA) is 121 Å². The first-order valence-electron chi connectivity index (χ1n) is 12.1. The summed E-state index contributed by atoms with van der Waals surface area (Å²) in [5.74, 6) is -2.00. The van der Waals surface area contributed by atoms with E-state index < -0.39 is 28.9 Å². The number of unbranched alkanes of at least 4 members (excludes halogenated alkanes) is 1. The summed E-state index contributed by atoms with van der Waals surface area (Å²) in [4.78, 5) is 56.5. The summed E-state index contributed by atoms with van der Waals surface area (Å²) in [6, 6.07) is 4.57. The predicted molar refractivity (Wildman–Crippen MR) is 134 cm³/mol. The fraction of sp³-hybridized carbons (Fsp3) is 0.520. The smallest absolute Gasteiger partial charge is 0.330 e. The third kappa shape index (κ3) is 5.63. The number of benzene rings is 1. The number of nitrogens with two attached hydrogens (primary N) is 1. The van der Waals surface area contributed by atoms with E-state index in [-0.39, 0.29) is 48.5 Å². The molecule has 9 nitrogen and oxygen atoms in total. The van der Waals surface area contributed by atoms with Crippen molar-refractivity contribution in [1.29, 1.82) is 0 Å². The van der Waals surface area contributed by atoms with Crippen molar-refractivity contribution in [2.24, 2.45) is 11.8 Å². The van der Waals surface area contributed by atoms with Gasteiger partial charge in [-0.25, -0.2) is 9.18 Å². The zero-order valence-electron chi connectivity index (χ0n) is 20.8. The second kappa shape index (κ2) is 10.9. The van der Waals surface area contributed by atoms with Crippen molar-refractivity contribution in [2.75, 3.05) is 28.6 Å². The highest BCUT2D eigenvalue weighted by atomic mass is 19.1. The average Bonchev–Trinajstić information content (AvgIpc) is 3.16. The van der Waals surface area contributed by atoms with E-state index in [1.807, 2.05) is 20.8 Å². The highest BCUT2D eigenvalue weighted by molar-refractivity contribution is 6.05. The minimum atomic E-state index is -0.787. The Morgan fingerprint density at radius 1 is 1.29 bits per heavy atom. The molecule has 2 aromatic rings. The third-order valence-electron chi connectivity index (χ3n) is 6.28. The van der Waals surface area contributed by atoms with Crippen LogP contribution in [0.2, 0.25) is 0 Å². The number of nitrogens with one attached hydrogen (secondary N) is 1. The van der Waals surface area contributed by atoms with Crippen molar-refractivity contribution < 1.29 is 14.0 Å². The van der Waals surface area contributed by atoms with Crippen molar-refractivity contribution >= 4 is 29.0 Å². The second-order valence-corrected chi connectivity index (χ2v) is 9.53. The summed E-state index contributed by atoms with van der Waals surface area (Å²) in [5, 5.41) is 0. The Bertz CT molecular complexity index is 1220. The minimum absolute atomic E-state index is 0.0108. The highest BCUT2D eigenvalue weighted by Gasteiger charge is 2.39. The number of hydrogen-bond donors (Lipinski definition) is 2. The van der Waals surface area contributed by atoms with Gasteiger partial charge < -0.3 is 15.5 Å². The van der Waals surface area contributed by atoms with E-state index in [2.05, 4.69) is 4.98 Å². The Hall–Kier alpha value is -3.43. The predicted octanol–water partition coefficient (Wildman–Crippen LogP) is 2.80. The van der Waals surface area contributed by atoms with E-state index in [1.54, 1.807) is 13.0 Å². The summed E-state index contributed by atoms with van der Waals surface area (Å²) in [6.07, 6.45) is 1.95. The van der Waals surface area contributed by atoms with Crippen LogP contribution in [0.15, 0.2) is 27.8 Å². The normalized spacial score (nSPS) is 15.8. The van der Waals surface area contributed by atoms with E-state index in [9.17, 15) is 23.6 Å². The number of rotatable bonds is 9. The largest absolute Gasteiger partial charge is 0.383 e. The van der Waals surface area contributed by atoms with Crippen molar-refractivity contribution in [3.05, 3.63) is 50.4 Å². The first kappa shape index (κ1) is 26.2. The highest BCUT2D eigenvalue weighted by Crippen LogP contribution is 2.30. The van der Waals surface area contributed by atoms with E-state index in [4.69, 9.17) is 5.73 Å². The minimum Gasteiger partial charge on any atom is -0.383 e. The molecule has 1 aromatic carbocycles. The number of aryl methyl sites for hydroxylation is 1. The summed E-state index contributed by atoms with van der Waals surface area (Å²) < 4.78 is 15.8. The Kier molecular flexibility index (Phi) is 8.14. The molecule has 1 aliphatic rings. The van der Waals surface area contributed by atoms with Gasteiger partial charge in [-0.05, 0) is 43.4 Å². The number of H-pyrrole nitrogens is 1. The van der Waals surface area contributed by atoms with Crippen LogP contribution in [0.25, 0.3) is 0 Å². The maximum atomic E-state index is 14.5. The van der Waals surface area contributed by atoms with Gasteiger partial charge in [0.05, 0.1) is 11.6 Å². The quantitative estimate of drug-likeness (QED) is 0.563. The zero-order valence-corrected chi connectivity index (χ0v) is 20.8. The van der Waals surface area contributed by atoms with Crippen LogP contribution in [0, 0.1) is 24.6 Å². The fourth-order valence-electron chi connectivity index (χ4n) is 4.25. The van der Waals surface area contributed by atoms with Gasteiger partial charge in [0.25, 0.3) is 5.56 Å². The van der Waals surface area contributed by atoms with Crippen LogP contribution in [0.5, 0.6) is 0 Å². The SMILES string of the molecule is CCCCn1c(N)c(N(CCC(C)C)C(=O)C2CC(=O)N(c3ccc(C)cc3F)C2)c(=O)[nH]c1=O. The molecule has 1 fully saturated rings. The fourth-order valence-corrected chi connectivity index (χ4v) is 4.25. The number of nitrogens with zero attached hydrogens (tertiary/aromatic N) is 3. The Balaban J connectivity index is 1.98. The number of aromatic amines is 1. The number of amides is 2. The lowest BCUT2D eigenvalue weighted by molar-refractivity contribution is -0.124. The summed E-state index contributed by atoms with van der Waals surface area (Å²) in [7, 11) is 0. The van der Waals surface area contributed by atoms with Crippen molar-refractivity contribution in [2.45, 2.75) is 59.9 Å². The molecule has 1 saturated heterocycles. The Morgan fingerprint density at radius 3 is 2.63 bits per heavy atom. The number of anilines is 3. The number of hydrogen-bond acceptors (Lipinski definition) is 5. The van der Waals surface area contributed by atoms with Gasteiger partial charge >= 0.3 is 5.69 Å². The lowest BCUT2D eigenvalue weighted by Gasteiger charge is -2.27. The molecule has 0 spiro atoms. The number of aromatic nitrogens is 2. The van der Waals surface area contributed by atoms with Crippen molar-refractivity contribution in [3.63, 3.8) is 0 Å². The van der Waals surface area contributed by atoms with Gasteiger partial charge in [0.15, 0.2) is 5.69 Å². The van der Waals surface area contributed by atoms with Crippen LogP contribution >= 0.6 is 0 Å². The van der Waals surface area contributed by atoms with Gasteiger partial charge in [0, 0.05) is 26.1 Å². The molecule has 0 aliphatic carbocycles. The molecule has 3 N–H and O–H groups in total. The number of halogens is 1. The Morgan fingerprint density at radius 2 is 2.00 bits per heavy atom. The van der Waals surface area contributed by atoms with Crippen LogP contribution in [-0.4, -0.2) is 34.5 Å². The van der Waals surface area contributed by atoms with Crippen LogP contribution in [0.4, 0.5) is 21.6 Å². The van der Waals surface area contributed by atoms with Crippen LogP contribution in [-0.2, 0) is 16.1 Å². The molecule has 1 unspecified atom stereocenters. The molecule has 190 valence electrons. The van der Waals surface area contributed by atoms with E-state index in [0.717, 1.165) is 12.0 Å². The van der Waals surface area contributed by atoms with Crippen molar-refractivity contribution in [3.8, 4) is 0 Å². The lowest BCUT2D eigenvalue weighted by Crippen LogP contribution is -2.44. The monoisotopic (exact) mass is 487 g/mol. The first-order valence-corrected chi connectivity index (χ1v) is 12.1. The van der Waals surface area contributed by atoms with Gasteiger partial charge in [0.2, 0.25) is 11.8 Å². The molecule has 0 bridgehead atoms. The summed E-state index contributed by atoms with van der Waals surface area (Å²) >= 11 is 0. The Labute approximate surface area is 203 Å². The second-order valence-electron chi connectivity index (χ2n) is 9.53. The molecule has 2 heterocycles. The molecule has 1 aromatic heterocycles. The van der Waals surface area contributed by atoms with Gasteiger partial charge in [-0.15, -0.1) is 0 Å². The van der Waals surface area contributed by atoms with E-state index in [1.165, 1.54) is 26.5 Å². The molecular formula is C25H34FN5O4. The zero-order chi connectivity index (χ0) is 25.9. The van der Waals surface area contributed by atoms with Gasteiger partial charge in [-0.1, -0.05) is 33.3 Å². The van der Waals surface area contributed by atoms with Gasteiger partial charge in [-0.3, -0.25) is 23.9 Å². The first-order chi connectivity index (χ1) is 16.5. The number of nitrogen functional groups attached to an aromatic ring is 1. The third-order valence-corrected chi connectivity index (χ3v) is 6.28. The average molecular weight is 488 g/mol. The van der Waals surface area contributed by atoms with Crippen LogP contribution < -0.4 is 26.8 Å². The summed E-state index contributed by atoms with van der Waals surface area (Å²) in [6.45, 7) is 8.17. The van der Waals surface area contributed by atoms with E-state index >= 15 is 0 Å². The van der Waals surface area contributed by atoms with E-state index in [0.29, 0.717) is 19.4 Å². The number of carbonyl (C=O) groups excluding carboxylic acids is 2. The molecule has 0 radical (unpaired) electrons. The molecule has 1 atom stereocenters. The molecule has 1 aliphatic heterocycles. The standard InChI is InChI=1S/C25H34FN5O4/c1-5-6-10-30-22(27)21(23(33)28-25(30)35)29(11-9-15(2)3)24(34)17-13-20(32)31(14-17)19-8-7-16(4)12-18(19)26/h7-8,12,15,17H,5-6,9-11,13-14,27H2,1-4H3,(H,28,33,35). The molecule has 10 heteroatoms. The maximum absolute atomic E-state index is 14.5. The molecule has 3 rings (SSSR count). The molecular weight excluding hydrogens is 453 g/mol. The summed E-state index contributed by atoms with van der Waals surface area (Å²) in [5.41, 5.74) is 5.65. The number of carbonyl (C=O) groups is 2. The van der Waals surface area contributed by atoms with Gasteiger partial charge in [-0.2, -0.15) is 0 Å². The molecule has 35 heavy (non-hydrogen) atoms. The van der Waals surface area contributed by atoms with Gasteiger partial charge in [0.1, 0.15) is 11.6 Å². The lowest BCUT2D eigenvalue weighted by atomic mass is 10.0. The molecule has 2 amide bonds. The van der Waals surface area contributed by atoms with Crippen LogP contribution in [0.1, 0.15) is 52.0 Å². The molecule has 0 saturated carbocycles.